The van der Waals surface area contributed by atoms with Crippen molar-refractivity contribution in [2.45, 2.75) is 6.61 Å². The van der Waals surface area contributed by atoms with Crippen molar-refractivity contribution in [1.82, 2.24) is 19.9 Å². The van der Waals surface area contributed by atoms with E-state index in [1.807, 2.05) is 0 Å². The maximum Gasteiger partial charge on any atom is 0.212 e. The first-order valence-electron chi connectivity index (χ1n) is 8.81. The summed E-state index contributed by atoms with van der Waals surface area (Å²) in [5.74, 6) is 0.595. The van der Waals surface area contributed by atoms with Gasteiger partial charge in [0.2, 0.25) is 5.95 Å². The Morgan fingerprint density at radius 1 is 1.00 bits per heavy atom. The van der Waals surface area contributed by atoms with Gasteiger partial charge in [-0.3, -0.25) is 4.98 Å². The van der Waals surface area contributed by atoms with Crippen LogP contribution in [0.5, 0.6) is 11.5 Å². The van der Waals surface area contributed by atoms with Gasteiger partial charge >= 0.3 is 0 Å². The quantitative estimate of drug-likeness (QED) is 0.392. The minimum atomic E-state index is -0.555. The summed E-state index contributed by atoms with van der Waals surface area (Å²) in [6.45, 7) is -0.0204. The number of rotatable bonds is 6. The fourth-order valence-corrected chi connectivity index (χ4v) is 3.11. The zero-order valence-corrected chi connectivity index (χ0v) is 17.3. The van der Waals surface area contributed by atoms with E-state index >= 15 is 0 Å². The van der Waals surface area contributed by atoms with Crippen LogP contribution in [0.1, 0.15) is 5.69 Å². The summed E-state index contributed by atoms with van der Waals surface area (Å²) in [6, 6.07) is 9.45. The Hall–Kier alpha value is -3.33. The highest BCUT2D eigenvalue weighted by Crippen LogP contribution is 2.33. The Labute approximate surface area is 179 Å². The Balaban J connectivity index is 1.54. The average molecular weight is 473 g/mol. The monoisotopic (exact) mass is 472 g/mol. The summed E-state index contributed by atoms with van der Waals surface area (Å²) in [5, 5.41) is 0. The summed E-state index contributed by atoms with van der Waals surface area (Å²) in [7, 11) is 1.54. The molecule has 0 saturated heterocycles. The van der Waals surface area contributed by atoms with Gasteiger partial charge in [0.25, 0.3) is 0 Å². The number of hydrogen-bond acceptors (Lipinski definition) is 5. The predicted octanol–water partition coefficient (Wildman–Crippen LogP) is 5.16. The van der Waals surface area contributed by atoms with E-state index in [1.165, 1.54) is 24.5 Å². The van der Waals surface area contributed by atoms with Gasteiger partial charge in [-0.1, -0.05) is 0 Å². The second kappa shape index (κ2) is 8.58. The molecule has 0 aliphatic heterocycles. The lowest BCUT2D eigenvalue weighted by molar-refractivity contribution is 0.292. The van der Waals surface area contributed by atoms with Crippen LogP contribution in [0.4, 0.5) is 8.78 Å². The van der Waals surface area contributed by atoms with E-state index in [1.54, 1.807) is 37.6 Å². The Morgan fingerprint density at radius 3 is 2.60 bits per heavy atom. The molecular formula is C21H15BrF2N4O2. The van der Waals surface area contributed by atoms with Crippen LogP contribution in [-0.2, 0) is 6.61 Å². The van der Waals surface area contributed by atoms with E-state index in [-0.39, 0.29) is 12.3 Å². The summed E-state index contributed by atoms with van der Waals surface area (Å²) in [6.07, 6.45) is 4.57. The third-order valence-electron chi connectivity index (χ3n) is 4.30. The zero-order chi connectivity index (χ0) is 21.1. The molecule has 0 aliphatic rings. The molecule has 4 aromatic rings. The summed E-state index contributed by atoms with van der Waals surface area (Å²) < 4.78 is 38.6. The highest BCUT2D eigenvalue weighted by atomic mass is 79.9. The normalized spacial score (nSPS) is 10.8. The van der Waals surface area contributed by atoms with Gasteiger partial charge in [0.1, 0.15) is 35.4 Å². The lowest BCUT2D eigenvalue weighted by atomic mass is 10.1. The van der Waals surface area contributed by atoms with Crippen LogP contribution in [0.3, 0.4) is 0 Å². The van der Waals surface area contributed by atoms with Crippen molar-refractivity contribution in [2.24, 2.45) is 0 Å². The smallest absolute Gasteiger partial charge is 0.212 e. The van der Waals surface area contributed by atoms with Gasteiger partial charge in [0, 0.05) is 34.1 Å². The van der Waals surface area contributed by atoms with Crippen LogP contribution in [0.15, 0.2) is 59.5 Å². The number of pyridine rings is 2. The van der Waals surface area contributed by atoms with Crippen molar-refractivity contribution in [3.63, 3.8) is 0 Å². The molecule has 0 radical (unpaired) electrons. The number of halogens is 3. The second-order valence-electron chi connectivity index (χ2n) is 6.25. The first kappa shape index (κ1) is 20.0. The molecule has 0 unspecified atom stereocenters. The predicted molar refractivity (Wildman–Crippen MR) is 110 cm³/mol. The molecular weight excluding hydrogens is 458 g/mol. The maximum atomic E-state index is 13.9. The average Bonchev–Trinajstić information content (AvgIpc) is 3.23. The van der Waals surface area contributed by atoms with Crippen LogP contribution < -0.4 is 9.47 Å². The topological polar surface area (TPSA) is 72.9 Å². The van der Waals surface area contributed by atoms with Crippen molar-refractivity contribution < 1.29 is 18.3 Å². The molecule has 6 nitrogen and oxygen atoms in total. The molecule has 0 amide bonds. The minimum absolute atomic E-state index is 0.0204. The second-order valence-corrected chi connectivity index (χ2v) is 7.16. The van der Waals surface area contributed by atoms with E-state index in [2.05, 4.69) is 35.9 Å². The zero-order valence-electron chi connectivity index (χ0n) is 15.7. The number of ether oxygens (including phenoxy) is 2. The molecule has 4 rings (SSSR count). The number of aromatic amines is 1. The lowest BCUT2D eigenvalue weighted by Gasteiger charge is -2.11. The van der Waals surface area contributed by atoms with Crippen molar-refractivity contribution in [2.75, 3.05) is 7.11 Å². The van der Waals surface area contributed by atoms with Gasteiger partial charge < -0.3 is 14.5 Å². The largest absolute Gasteiger partial charge is 0.496 e. The molecule has 1 aromatic carbocycles. The van der Waals surface area contributed by atoms with Crippen molar-refractivity contribution in [3.05, 3.63) is 76.9 Å². The number of nitrogens with zero attached hydrogens (tertiary/aromatic N) is 3. The molecule has 3 heterocycles. The molecule has 30 heavy (non-hydrogen) atoms. The van der Waals surface area contributed by atoms with Gasteiger partial charge in [0.05, 0.1) is 19.0 Å². The van der Waals surface area contributed by atoms with Gasteiger partial charge in [-0.05, 0) is 46.3 Å². The molecule has 1 N–H and O–H groups in total. The fourth-order valence-electron chi connectivity index (χ4n) is 2.81. The van der Waals surface area contributed by atoms with E-state index in [0.717, 1.165) is 5.56 Å². The summed E-state index contributed by atoms with van der Waals surface area (Å²) >= 11 is 3.17. The Kier molecular flexibility index (Phi) is 5.71. The molecule has 0 fully saturated rings. The molecule has 9 heteroatoms. The summed E-state index contributed by atoms with van der Waals surface area (Å²) in [5.41, 5.74) is 2.32. The summed E-state index contributed by atoms with van der Waals surface area (Å²) in [4.78, 5) is 15.2. The highest BCUT2D eigenvalue weighted by Gasteiger charge is 2.13. The molecule has 0 atom stereocenters. The molecule has 0 saturated carbocycles. The number of methoxy groups -OCH3 is 1. The van der Waals surface area contributed by atoms with Crippen LogP contribution >= 0.6 is 15.9 Å². The first-order chi connectivity index (χ1) is 14.5. The molecule has 0 spiro atoms. The van der Waals surface area contributed by atoms with Crippen LogP contribution in [-0.4, -0.2) is 27.0 Å². The first-order valence-corrected chi connectivity index (χ1v) is 9.61. The SMILES string of the molecule is COc1cc(OCc2ncc(Br)cc2F)ccc1-c1cnc(-c2ccc(F)nc2)[nH]1. The van der Waals surface area contributed by atoms with Crippen LogP contribution in [0.2, 0.25) is 0 Å². The Morgan fingerprint density at radius 2 is 1.87 bits per heavy atom. The number of imidazole rings is 1. The number of hydrogen-bond donors (Lipinski definition) is 1. The van der Waals surface area contributed by atoms with E-state index in [9.17, 15) is 8.78 Å². The molecule has 3 aromatic heterocycles. The van der Waals surface area contributed by atoms with Gasteiger partial charge in [0.15, 0.2) is 0 Å². The van der Waals surface area contributed by atoms with Gasteiger partial charge in [-0.25, -0.2) is 14.4 Å². The molecule has 0 bridgehead atoms. The standard InChI is InChI=1S/C21H15BrF2N4O2/c1-29-19-7-14(30-11-18-16(23)6-13(22)9-25-18)3-4-15(19)17-10-27-21(28-17)12-2-5-20(24)26-8-12/h2-10H,11H2,1H3,(H,27,28). The highest BCUT2D eigenvalue weighted by molar-refractivity contribution is 9.10. The third kappa shape index (κ3) is 4.30. The number of aromatic nitrogens is 4. The van der Waals surface area contributed by atoms with Crippen LogP contribution in [0.25, 0.3) is 22.6 Å². The van der Waals surface area contributed by atoms with E-state index < -0.39 is 11.8 Å². The van der Waals surface area contributed by atoms with Crippen molar-refractivity contribution in [1.29, 1.82) is 0 Å². The van der Waals surface area contributed by atoms with Crippen molar-refractivity contribution in [3.8, 4) is 34.1 Å². The fraction of sp³-hybridized carbons (Fsp3) is 0.0952. The third-order valence-corrected chi connectivity index (χ3v) is 4.73. The lowest BCUT2D eigenvalue weighted by Crippen LogP contribution is -2.02. The number of nitrogens with one attached hydrogen (secondary N) is 1. The van der Waals surface area contributed by atoms with Gasteiger partial charge in [-0.2, -0.15) is 4.39 Å². The number of benzene rings is 1. The maximum absolute atomic E-state index is 13.9. The minimum Gasteiger partial charge on any atom is -0.496 e. The van der Waals surface area contributed by atoms with E-state index in [4.69, 9.17) is 9.47 Å². The number of H-pyrrole nitrogens is 1. The van der Waals surface area contributed by atoms with Crippen LogP contribution in [0, 0.1) is 11.8 Å². The Bertz CT molecular complexity index is 1180. The molecule has 0 aliphatic carbocycles. The van der Waals surface area contributed by atoms with E-state index in [0.29, 0.717) is 33.1 Å². The molecule has 152 valence electrons. The van der Waals surface area contributed by atoms with Crippen molar-refractivity contribution >= 4 is 15.9 Å². The van der Waals surface area contributed by atoms with Gasteiger partial charge in [-0.15, -0.1) is 0 Å².